The van der Waals surface area contributed by atoms with Crippen molar-refractivity contribution in [2.75, 3.05) is 29.9 Å². The number of ether oxygens (including phenoxy) is 1. The molecule has 0 aliphatic carbocycles. The zero-order chi connectivity index (χ0) is 25.0. The van der Waals surface area contributed by atoms with E-state index in [0.29, 0.717) is 31.6 Å². The molecule has 0 spiro atoms. The molecule has 1 aliphatic rings. The van der Waals surface area contributed by atoms with E-state index in [4.69, 9.17) is 9.84 Å². The Hall–Kier alpha value is -3.57. The molecule has 3 aromatic rings. The lowest BCUT2D eigenvalue weighted by Gasteiger charge is -2.39. The van der Waals surface area contributed by atoms with Crippen LogP contribution in [0.4, 0.5) is 15.9 Å². The Morgan fingerprint density at radius 3 is 2.40 bits per heavy atom. The van der Waals surface area contributed by atoms with Crippen LogP contribution in [0.3, 0.4) is 0 Å². The van der Waals surface area contributed by atoms with Crippen LogP contribution in [-0.2, 0) is 10.4 Å². The van der Waals surface area contributed by atoms with Gasteiger partial charge in [0.25, 0.3) is 5.91 Å². The standard InChI is InChI=1S/C24H22BrFN4O5/c25-16-3-1-15(2-4-16)24(34)9-11-30(12-10-24)21-19(13-27-23(29-21)35-14-20(31)32)22(33)28-18-7-5-17(26)6-8-18/h1-8,13,34H,9-12,14H2,(H,28,33)(H,31,32). The van der Waals surface area contributed by atoms with Gasteiger partial charge >= 0.3 is 12.0 Å². The SMILES string of the molecule is O=C(O)COc1ncc(C(=O)Nc2ccc(F)cc2)c(N2CCC(O)(c3ccc(Br)cc3)CC2)n1. The van der Waals surface area contributed by atoms with Crippen molar-refractivity contribution in [1.82, 2.24) is 9.97 Å². The molecular formula is C24H22BrFN4O5. The van der Waals surface area contributed by atoms with Gasteiger partial charge < -0.3 is 25.2 Å². The summed E-state index contributed by atoms with van der Waals surface area (Å²) < 4.78 is 19.2. The van der Waals surface area contributed by atoms with E-state index in [2.05, 4.69) is 31.2 Å². The quantitative estimate of drug-likeness (QED) is 0.412. The number of piperidine rings is 1. The van der Waals surface area contributed by atoms with Crippen molar-refractivity contribution in [3.63, 3.8) is 0 Å². The van der Waals surface area contributed by atoms with Gasteiger partial charge in [-0.15, -0.1) is 0 Å². The Kier molecular flexibility index (Phi) is 7.27. The maximum atomic E-state index is 13.2. The smallest absolute Gasteiger partial charge is 0.341 e. The van der Waals surface area contributed by atoms with Crippen molar-refractivity contribution < 1.29 is 28.9 Å². The maximum absolute atomic E-state index is 13.2. The summed E-state index contributed by atoms with van der Waals surface area (Å²) in [6.45, 7) is 0.113. The van der Waals surface area contributed by atoms with Crippen LogP contribution in [0.15, 0.2) is 59.2 Å². The summed E-state index contributed by atoms with van der Waals surface area (Å²) in [5, 5.41) is 22.8. The number of nitrogens with zero attached hydrogens (tertiary/aromatic N) is 3. The number of rotatable bonds is 7. The number of carbonyl (C=O) groups excluding carboxylic acids is 1. The molecule has 1 aliphatic heterocycles. The van der Waals surface area contributed by atoms with Gasteiger partial charge in [-0.2, -0.15) is 4.98 Å². The van der Waals surface area contributed by atoms with Gasteiger partial charge in [0.1, 0.15) is 17.2 Å². The third kappa shape index (κ3) is 5.92. The number of hydrogen-bond donors (Lipinski definition) is 3. The topological polar surface area (TPSA) is 125 Å². The van der Waals surface area contributed by atoms with Gasteiger partial charge in [-0.05, 0) is 54.8 Å². The van der Waals surface area contributed by atoms with Crippen molar-refractivity contribution in [2.24, 2.45) is 0 Å². The number of carbonyl (C=O) groups is 2. The molecule has 0 atom stereocenters. The first kappa shape index (κ1) is 24.6. The van der Waals surface area contributed by atoms with Crippen molar-refractivity contribution in [3.8, 4) is 6.01 Å². The third-order valence-electron chi connectivity index (χ3n) is 5.69. The summed E-state index contributed by atoms with van der Waals surface area (Å²) in [6.07, 6.45) is 2.01. The largest absolute Gasteiger partial charge is 0.479 e. The summed E-state index contributed by atoms with van der Waals surface area (Å²) in [5.74, 6) is -1.90. The van der Waals surface area contributed by atoms with Crippen LogP contribution in [0, 0.1) is 5.82 Å². The van der Waals surface area contributed by atoms with Crippen molar-refractivity contribution in [3.05, 3.63) is 76.1 Å². The molecule has 1 fully saturated rings. The second kappa shape index (κ2) is 10.4. The minimum Gasteiger partial charge on any atom is -0.479 e. The van der Waals surface area contributed by atoms with Gasteiger partial charge in [0, 0.05) is 29.4 Å². The Morgan fingerprint density at radius 2 is 1.77 bits per heavy atom. The van der Waals surface area contributed by atoms with Crippen LogP contribution in [0.25, 0.3) is 0 Å². The first-order valence-electron chi connectivity index (χ1n) is 10.8. The number of benzene rings is 2. The minimum atomic E-state index is -1.19. The molecule has 2 aromatic carbocycles. The van der Waals surface area contributed by atoms with E-state index in [-0.39, 0.29) is 17.4 Å². The fourth-order valence-corrected chi connectivity index (χ4v) is 4.09. The van der Waals surface area contributed by atoms with Crippen molar-refractivity contribution >= 4 is 39.3 Å². The molecule has 182 valence electrons. The number of aliphatic hydroxyl groups is 1. The van der Waals surface area contributed by atoms with Gasteiger partial charge in [0.05, 0.1) is 5.60 Å². The molecule has 0 bridgehead atoms. The van der Waals surface area contributed by atoms with Crippen molar-refractivity contribution in [1.29, 1.82) is 0 Å². The number of nitrogens with one attached hydrogen (secondary N) is 1. The maximum Gasteiger partial charge on any atom is 0.341 e. The minimum absolute atomic E-state index is 0.131. The zero-order valence-corrected chi connectivity index (χ0v) is 20.0. The fraction of sp³-hybridized carbons (Fsp3) is 0.250. The molecule has 11 heteroatoms. The lowest BCUT2D eigenvalue weighted by molar-refractivity contribution is -0.139. The molecule has 35 heavy (non-hydrogen) atoms. The van der Waals surface area contributed by atoms with Gasteiger partial charge in [0.2, 0.25) is 0 Å². The summed E-state index contributed by atoms with van der Waals surface area (Å²) in [5.41, 5.74) is 0.273. The van der Waals surface area contributed by atoms with Crippen LogP contribution in [0.1, 0.15) is 28.8 Å². The van der Waals surface area contributed by atoms with Gasteiger partial charge in [-0.25, -0.2) is 14.2 Å². The van der Waals surface area contributed by atoms with E-state index in [0.717, 1.165) is 10.0 Å². The van der Waals surface area contributed by atoms with E-state index >= 15 is 0 Å². The highest BCUT2D eigenvalue weighted by Gasteiger charge is 2.35. The van der Waals surface area contributed by atoms with Crippen LogP contribution in [-0.4, -0.2) is 51.8 Å². The number of carboxylic acids is 1. The summed E-state index contributed by atoms with van der Waals surface area (Å²) in [7, 11) is 0. The summed E-state index contributed by atoms with van der Waals surface area (Å²) in [4.78, 5) is 34.0. The second-order valence-corrected chi connectivity index (χ2v) is 8.97. The van der Waals surface area contributed by atoms with Crippen LogP contribution in [0.5, 0.6) is 6.01 Å². The molecular weight excluding hydrogens is 523 g/mol. The molecule has 1 amide bonds. The van der Waals surface area contributed by atoms with E-state index in [9.17, 15) is 19.1 Å². The summed E-state index contributed by atoms with van der Waals surface area (Å²) >= 11 is 3.40. The van der Waals surface area contributed by atoms with Crippen molar-refractivity contribution in [2.45, 2.75) is 18.4 Å². The predicted octanol–water partition coefficient (Wildman–Crippen LogP) is 3.58. The average Bonchev–Trinajstić information content (AvgIpc) is 2.85. The lowest BCUT2D eigenvalue weighted by atomic mass is 9.84. The number of halogens is 2. The molecule has 4 rings (SSSR count). The molecule has 9 nitrogen and oxygen atoms in total. The fourth-order valence-electron chi connectivity index (χ4n) is 3.82. The molecule has 3 N–H and O–H groups in total. The number of carboxylic acid groups (broad SMARTS) is 1. The Labute approximate surface area is 208 Å². The highest BCUT2D eigenvalue weighted by molar-refractivity contribution is 9.10. The first-order valence-corrected chi connectivity index (χ1v) is 11.5. The van der Waals surface area contributed by atoms with E-state index in [1.807, 2.05) is 29.2 Å². The Morgan fingerprint density at radius 1 is 1.11 bits per heavy atom. The van der Waals surface area contributed by atoms with Gasteiger partial charge in [-0.3, -0.25) is 4.79 Å². The Bertz CT molecular complexity index is 1220. The van der Waals surface area contributed by atoms with Crippen LogP contribution in [0.2, 0.25) is 0 Å². The molecule has 0 unspecified atom stereocenters. The molecule has 2 heterocycles. The number of hydrogen-bond acceptors (Lipinski definition) is 7. The van der Waals surface area contributed by atoms with Crippen LogP contribution >= 0.6 is 15.9 Å². The van der Waals surface area contributed by atoms with E-state index < -0.39 is 29.9 Å². The number of aliphatic carboxylic acids is 1. The van der Waals surface area contributed by atoms with Gasteiger partial charge in [-0.1, -0.05) is 28.1 Å². The normalized spacial score (nSPS) is 14.9. The number of amides is 1. The average molecular weight is 545 g/mol. The van der Waals surface area contributed by atoms with Gasteiger partial charge in [0.15, 0.2) is 6.61 Å². The zero-order valence-electron chi connectivity index (χ0n) is 18.4. The predicted molar refractivity (Wildman–Crippen MR) is 129 cm³/mol. The first-order chi connectivity index (χ1) is 16.7. The van der Waals surface area contributed by atoms with Crippen LogP contribution < -0.4 is 15.0 Å². The molecule has 1 saturated heterocycles. The number of aromatic nitrogens is 2. The Balaban J connectivity index is 1.58. The molecule has 1 aromatic heterocycles. The van der Waals surface area contributed by atoms with E-state index in [1.165, 1.54) is 30.5 Å². The third-order valence-corrected chi connectivity index (χ3v) is 6.22. The molecule has 0 radical (unpaired) electrons. The highest BCUT2D eigenvalue weighted by Crippen LogP contribution is 2.35. The monoisotopic (exact) mass is 544 g/mol. The lowest BCUT2D eigenvalue weighted by Crippen LogP contribution is -2.43. The summed E-state index contributed by atoms with van der Waals surface area (Å²) in [6, 6.07) is 12.6. The number of anilines is 2. The second-order valence-electron chi connectivity index (χ2n) is 8.06. The highest BCUT2D eigenvalue weighted by atomic mass is 79.9. The van der Waals surface area contributed by atoms with E-state index in [1.54, 1.807) is 0 Å². The molecule has 0 saturated carbocycles.